The van der Waals surface area contributed by atoms with Crippen molar-refractivity contribution in [1.82, 2.24) is 19.3 Å². The van der Waals surface area contributed by atoms with Gasteiger partial charge in [0.2, 0.25) is 0 Å². The molecule has 0 saturated heterocycles. The van der Waals surface area contributed by atoms with Gasteiger partial charge in [-0.3, -0.25) is 0 Å². The van der Waals surface area contributed by atoms with Crippen LogP contribution in [0.1, 0.15) is 11.6 Å². The van der Waals surface area contributed by atoms with E-state index in [9.17, 15) is 0 Å². The minimum Gasteiger partial charge on any atom is -0.340 e. The number of aromatic nitrogens is 4. The lowest BCUT2D eigenvalue weighted by Gasteiger charge is -2.05. The van der Waals surface area contributed by atoms with E-state index in [1.165, 1.54) is 10.9 Å². The molecule has 0 atom stereocenters. The van der Waals surface area contributed by atoms with Crippen LogP contribution in [0.2, 0.25) is 0 Å². The molecule has 2 heterocycles. The molecule has 0 unspecified atom stereocenters. The Labute approximate surface area is 113 Å². The van der Waals surface area contributed by atoms with E-state index in [1.54, 1.807) is 0 Å². The van der Waals surface area contributed by atoms with Crippen LogP contribution in [0, 0.1) is 6.92 Å². The maximum Gasteiger partial charge on any atom is 0.152 e. The third-order valence-electron chi connectivity index (χ3n) is 3.23. The van der Waals surface area contributed by atoms with Crippen LogP contribution in [0.15, 0.2) is 34.9 Å². The van der Waals surface area contributed by atoms with Crippen LogP contribution >= 0.6 is 15.9 Å². The molecule has 92 valence electrons. The molecule has 18 heavy (non-hydrogen) atoms. The Morgan fingerprint density at radius 1 is 1.22 bits per heavy atom. The molecule has 0 fully saturated rings. The van der Waals surface area contributed by atoms with Gasteiger partial charge < -0.3 is 9.13 Å². The van der Waals surface area contributed by atoms with Crippen LogP contribution in [-0.2, 0) is 13.6 Å². The number of aryl methyl sites for hydroxylation is 1. The quantitative estimate of drug-likeness (QED) is 0.730. The van der Waals surface area contributed by atoms with E-state index in [1.807, 2.05) is 18.5 Å². The highest BCUT2D eigenvalue weighted by Crippen LogP contribution is 2.21. The van der Waals surface area contributed by atoms with Gasteiger partial charge in [0.25, 0.3) is 0 Å². The van der Waals surface area contributed by atoms with Crippen molar-refractivity contribution in [2.45, 2.75) is 13.5 Å². The molecule has 0 saturated carbocycles. The Morgan fingerprint density at radius 2 is 2.06 bits per heavy atom. The molecule has 0 spiro atoms. The second-order valence-corrected chi connectivity index (χ2v) is 5.28. The average Bonchev–Trinajstić information content (AvgIpc) is 2.88. The van der Waals surface area contributed by atoms with E-state index in [0.29, 0.717) is 0 Å². The predicted molar refractivity (Wildman–Crippen MR) is 74.5 cm³/mol. The summed E-state index contributed by atoms with van der Waals surface area (Å²) in [5.74, 6) is 1.90. The fourth-order valence-electron chi connectivity index (χ4n) is 2.05. The zero-order chi connectivity index (χ0) is 12.7. The highest BCUT2D eigenvalue weighted by molar-refractivity contribution is 9.10. The standard InChI is InChI=1S/C13H13BrN4/c1-9-15-16-13(17(9)2)8-18-6-5-10-7-11(14)3-4-12(10)18/h3-7H,8H2,1-2H3. The van der Waals surface area contributed by atoms with Crippen molar-refractivity contribution < 1.29 is 0 Å². The first kappa shape index (κ1) is 11.5. The lowest BCUT2D eigenvalue weighted by molar-refractivity contribution is 0.708. The molecule has 0 aliphatic carbocycles. The highest BCUT2D eigenvalue weighted by atomic mass is 79.9. The highest BCUT2D eigenvalue weighted by Gasteiger charge is 2.07. The topological polar surface area (TPSA) is 35.6 Å². The largest absolute Gasteiger partial charge is 0.340 e. The van der Waals surface area contributed by atoms with E-state index in [-0.39, 0.29) is 0 Å². The molecule has 0 amide bonds. The zero-order valence-corrected chi connectivity index (χ0v) is 11.8. The summed E-state index contributed by atoms with van der Waals surface area (Å²) in [6.07, 6.45) is 2.08. The number of rotatable bonds is 2. The number of halogens is 1. The van der Waals surface area contributed by atoms with Crippen LogP contribution in [0.4, 0.5) is 0 Å². The third-order valence-corrected chi connectivity index (χ3v) is 3.72. The van der Waals surface area contributed by atoms with Gasteiger partial charge in [-0.15, -0.1) is 10.2 Å². The predicted octanol–water partition coefficient (Wildman–Crippen LogP) is 2.89. The van der Waals surface area contributed by atoms with Gasteiger partial charge in [-0.1, -0.05) is 15.9 Å². The molecular formula is C13H13BrN4. The van der Waals surface area contributed by atoms with Gasteiger partial charge in [-0.2, -0.15) is 0 Å². The molecule has 0 N–H and O–H groups in total. The smallest absolute Gasteiger partial charge is 0.152 e. The third kappa shape index (κ3) is 1.84. The lowest BCUT2D eigenvalue weighted by Crippen LogP contribution is -2.05. The van der Waals surface area contributed by atoms with Gasteiger partial charge in [0.05, 0.1) is 6.54 Å². The summed E-state index contributed by atoms with van der Waals surface area (Å²) in [6, 6.07) is 8.40. The van der Waals surface area contributed by atoms with E-state index < -0.39 is 0 Å². The Bertz CT molecular complexity index is 711. The van der Waals surface area contributed by atoms with E-state index in [2.05, 4.69) is 61.2 Å². The van der Waals surface area contributed by atoms with Gasteiger partial charge in [-0.05, 0) is 31.2 Å². The Balaban J connectivity index is 2.03. The van der Waals surface area contributed by atoms with Crippen molar-refractivity contribution in [2.24, 2.45) is 7.05 Å². The SMILES string of the molecule is Cc1nnc(Cn2ccc3cc(Br)ccc32)n1C. The summed E-state index contributed by atoms with van der Waals surface area (Å²) in [5, 5.41) is 9.51. The first-order chi connectivity index (χ1) is 8.65. The minimum atomic E-state index is 0.739. The minimum absolute atomic E-state index is 0.739. The second-order valence-electron chi connectivity index (χ2n) is 4.37. The van der Waals surface area contributed by atoms with Gasteiger partial charge >= 0.3 is 0 Å². The van der Waals surface area contributed by atoms with Gasteiger partial charge in [0, 0.05) is 28.6 Å². The van der Waals surface area contributed by atoms with Gasteiger partial charge in [-0.25, -0.2) is 0 Å². The number of nitrogens with zero attached hydrogens (tertiary/aromatic N) is 4. The Kier molecular flexibility index (Phi) is 2.70. The second kappa shape index (κ2) is 4.24. The van der Waals surface area contributed by atoms with Gasteiger partial charge in [0.15, 0.2) is 5.82 Å². The van der Waals surface area contributed by atoms with Crippen molar-refractivity contribution in [1.29, 1.82) is 0 Å². The van der Waals surface area contributed by atoms with Gasteiger partial charge in [0.1, 0.15) is 5.82 Å². The molecular weight excluding hydrogens is 292 g/mol. The first-order valence-electron chi connectivity index (χ1n) is 5.74. The Hall–Kier alpha value is -1.62. The zero-order valence-electron chi connectivity index (χ0n) is 10.3. The Morgan fingerprint density at radius 3 is 2.78 bits per heavy atom. The fraction of sp³-hybridized carbons (Fsp3) is 0.231. The normalized spacial score (nSPS) is 11.3. The molecule has 5 heteroatoms. The maximum absolute atomic E-state index is 4.20. The summed E-state index contributed by atoms with van der Waals surface area (Å²) in [6.45, 7) is 2.70. The molecule has 4 nitrogen and oxygen atoms in total. The molecule has 0 bridgehead atoms. The monoisotopic (exact) mass is 304 g/mol. The van der Waals surface area contributed by atoms with Crippen LogP contribution in [0.25, 0.3) is 10.9 Å². The van der Waals surface area contributed by atoms with E-state index in [0.717, 1.165) is 22.7 Å². The number of benzene rings is 1. The summed E-state index contributed by atoms with van der Waals surface area (Å²) in [5.41, 5.74) is 1.21. The van der Waals surface area contributed by atoms with E-state index >= 15 is 0 Å². The van der Waals surface area contributed by atoms with Crippen molar-refractivity contribution >= 4 is 26.8 Å². The molecule has 3 rings (SSSR count). The van der Waals surface area contributed by atoms with E-state index in [4.69, 9.17) is 0 Å². The summed E-state index contributed by atoms with van der Waals surface area (Å²) < 4.78 is 5.30. The van der Waals surface area contributed by atoms with Crippen molar-refractivity contribution in [2.75, 3.05) is 0 Å². The molecule has 3 aromatic rings. The van der Waals surface area contributed by atoms with Crippen molar-refractivity contribution in [3.63, 3.8) is 0 Å². The number of hydrogen-bond donors (Lipinski definition) is 0. The molecule has 2 aromatic heterocycles. The number of hydrogen-bond acceptors (Lipinski definition) is 2. The van der Waals surface area contributed by atoms with Crippen LogP contribution in [0.3, 0.4) is 0 Å². The van der Waals surface area contributed by atoms with Crippen molar-refractivity contribution in [3.05, 3.63) is 46.6 Å². The van der Waals surface area contributed by atoms with Crippen LogP contribution in [-0.4, -0.2) is 19.3 Å². The van der Waals surface area contributed by atoms with Crippen LogP contribution in [0.5, 0.6) is 0 Å². The molecule has 0 radical (unpaired) electrons. The van der Waals surface area contributed by atoms with Crippen molar-refractivity contribution in [3.8, 4) is 0 Å². The first-order valence-corrected chi connectivity index (χ1v) is 6.54. The van der Waals surface area contributed by atoms with Crippen LogP contribution < -0.4 is 0 Å². The fourth-order valence-corrected chi connectivity index (χ4v) is 2.43. The molecule has 1 aromatic carbocycles. The summed E-state index contributed by atoms with van der Waals surface area (Å²) in [4.78, 5) is 0. The summed E-state index contributed by atoms with van der Waals surface area (Å²) in [7, 11) is 1.99. The summed E-state index contributed by atoms with van der Waals surface area (Å²) >= 11 is 3.49. The maximum atomic E-state index is 4.20. The number of fused-ring (bicyclic) bond motifs is 1. The molecule has 0 aliphatic heterocycles. The molecule has 0 aliphatic rings. The average molecular weight is 305 g/mol. The lowest BCUT2D eigenvalue weighted by atomic mass is 10.2.